The van der Waals surface area contributed by atoms with E-state index in [1.54, 1.807) is 0 Å². The second kappa shape index (κ2) is 5.22. The summed E-state index contributed by atoms with van der Waals surface area (Å²) in [4.78, 5) is 6.75. The van der Waals surface area contributed by atoms with E-state index in [2.05, 4.69) is 16.0 Å². The van der Waals surface area contributed by atoms with Crippen LogP contribution < -0.4 is 4.90 Å². The Morgan fingerprint density at radius 2 is 2.25 bits per heavy atom. The monoisotopic (exact) mass is 233 g/mol. The van der Waals surface area contributed by atoms with Crippen LogP contribution in [0.3, 0.4) is 0 Å². The van der Waals surface area contributed by atoms with Crippen LogP contribution in [-0.2, 0) is 0 Å². The van der Waals surface area contributed by atoms with Gasteiger partial charge in [-0.1, -0.05) is 0 Å². The Bertz CT molecular complexity index is 403. The fourth-order valence-electron chi connectivity index (χ4n) is 1.83. The number of thioether (sulfide) groups is 1. The van der Waals surface area contributed by atoms with Gasteiger partial charge in [-0.2, -0.15) is 17.0 Å². The second-order valence-electron chi connectivity index (χ2n) is 3.89. The van der Waals surface area contributed by atoms with E-state index in [9.17, 15) is 0 Å². The van der Waals surface area contributed by atoms with Crippen molar-refractivity contribution in [2.45, 2.75) is 13.3 Å². The average Bonchev–Trinajstić information content (AvgIpc) is 2.57. The molecule has 1 saturated heterocycles. The summed E-state index contributed by atoms with van der Waals surface area (Å²) in [5.74, 6) is 3.20. The molecule has 0 radical (unpaired) electrons. The van der Waals surface area contributed by atoms with Crippen molar-refractivity contribution >= 4 is 17.6 Å². The van der Waals surface area contributed by atoms with Crippen molar-refractivity contribution in [3.8, 4) is 6.07 Å². The molecule has 4 heteroatoms. The van der Waals surface area contributed by atoms with Gasteiger partial charge < -0.3 is 4.90 Å². The topological polar surface area (TPSA) is 39.9 Å². The van der Waals surface area contributed by atoms with E-state index < -0.39 is 0 Å². The first-order valence-corrected chi connectivity index (χ1v) is 6.67. The predicted octanol–water partition coefficient (Wildman–Crippen LogP) is 2.21. The van der Waals surface area contributed by atoms with Crippen molar-refractivity contribution in [2.75, 3.05) is 29.5 Å². The molecule has 0 atom stereocenters. The number of anilines is 1. The molecule has 0 amide bonds. The minimum Gasteiger partial charge on any atom is -0.355 e. The molecule has 0 aliphatic carbocycles. The van der Waals surface area contributed by atoms with Crippen LogP contribution in [0.25, 0.3) is 0 Å². The molecule has 0 N–H and O–H groups in total. The molecule has 0 saturated carbocycles. The fourth-order valence-corrected chi connectivity index (χ4v) is 2.72. The highest BCUT2D eigenvalue weighted by molar-refractivity contribution is 7.99. The van der Waals surface area contributed by atoms with Gasteiger partial charge in [-0.3, -0.25) is 0 Å². The first-order valence-electron chi connectivity index (χ1n) is 5.51. The van der Waals surface area contributed by atoms with Crippen LogP contribution in [0.1, 0.15) is 17.7 Å². The molecule has 1 aromatic rings. The van der Waals surface area contributed by atoms with E-state index in [-0.39, 0.29) is 0 Å². The number of hydrogen-bond donors (Lipinski definition) is 0. The predicted molar refractivity (Wildman–Crippen MR) is 67.8 cm³/mol. The molecule has 0 spiro atoms. The second-order valence-corrected chi connectivity index (χ2v) is 5.11. The number of hydrogen-bond acceptors (Lipinski definition) is 4. The molecule has 0 aromatic carbocycles. The summed E-state index contributed by atoms with van der Waals surface area (Å²) in [5, 5.41) is 9.09. The van der Waals surface area contributed by atoms with E-state index >= 15 is 0 Å². The zero-order valence-electron chi connectivity index (χ0n) is 9.44. The first-order chi connectivity index (χ1) is 7.81. The van der Waals surface area contributed by atoms with Gasteiger partial charge in [0.05, 0.1) is 5.56 Å². The molecule has 1 aliphatic rings. The maximum absolute atomic E-state index is 9.09. The Hall–Kier alpha value is -1.21. The summed E-state index contributed by atoms with van der Waals surface area (Å²) < 4.78 is 0. The Labute approximate surface area is 100 Å². The largest absolute Gasteiger partial charge is 0.355 e. The number of rotatable bonds is 1. The number of aromatic nitrogens is 1. The number of pyridine rings is 1. The zero-order chi connectivity index (χ0) is 11.4. The van der Waals surface area contributed by atoms with Gasteiger partial charge in [0.2, 0.25) is 0 Å². The number of aryl methyl sites for hydroxylation is 1. The van der Waals surface area contributed by atoms with Gasteiger partial charge in [0, 0.05) is 24.5 Å². The maximum atomic E-state index is 9.09. The first kappa shape index (κ1) is 11.3. The van der Waals surface area contributed by atoms with Gasteiger partial charge in [-0.25, -0.2) is 4.98 Å². The Kier molecular flexibility index (Phi) is 3.68. The van der Waals surface area contributed by atoms with Crippen molar-refractivity contribution in [2.24, 2.45) is 0 Å². The van der Waals surface area contributed by atoms with Crippen molar-refractivity contribution in [3.05, 3.63) is 23.4 Å². The summed E-state index contributed by atoms with van der Waals surface area (Å²) >= 11 is 1.98. The van der Waals surface area contributed by atoms with Gasteiger partial charge in [0.25, 0.3) is 0 Å². The van der Waals surface area contributed by atoms with Crippen LogP contribution >= 0.6 is 11.8 Å². The molecule has 1 fully saturated rings. The van der Waals surface area contributed by atoms with Gasteiger partial charge in [0.1, 0.15) is 11.9 Å². The van der Waals surface area contributed by atoms with Gasteiger partial charge in [0.15, 0.2) is 0 Å². The van der Waals surface area contributed by atoms with E-state index in [4.69, 9.17) is 5.26 Å². The minimum atomic E-state index is 0.692. The summed E-state index contributed by atoms with van der Waals surface area (Å²) in [6, 6.07) is 6.00. The summed E-state index contributed by atoms with van der Waals surface area (Å²) in [7, 11) is 0. The lowest BCUT2D eigenvalue weighted by atomic mass is 10.2. The number of nitrogens with zero attached hydrogens (tertiary/aromatic N) is 3. The smallest absolute Gasteiger partial charge is 0.146 e. The van der Waals surface area contributed by atoms with Gasteiger partial charge >= 0.3 is 0 Å². The lowest BCUT2D eigenvalue weighted by molar-refractivity contribution is 0.797. The van der Waals surface area contributed by atoms with Crippen LogP contribution in [0, 0.1) is 18.3 Å². The molecular weight excluding hydrogens is 218 g/mol. The van der Waals surface area contributed by atoms with Crippen molar-refractivity contribution < 1.29 is 0 Å². The van der Waals surface area contributed by atoms with Crippen LogP contribution in [0.15, 0.2) is 12.1 Å². The molecule has 0 unspecified atom stereocenters. The highest BCUT2D eigenvalue weighted by Gasteiger charge is 2.15. The molecule has 0 bridgehead atoms. The van der Waals surface area contributed by atoms with Gasteiger partial charge in [-0.05, 0) is 31.2 Å². The van der Waals surface area contributed by atoms with E-state index in [1.807, 2.05) is 30.8 Å². The summed E-state index contributed by atoms with van der Waals surface area (Å²) in [6.07, 6.45) is 1.17. The summed E-state index contributed by atoms with van der Waals surface area (Å²) in [6.45, 7) is 3.98. The molecule has 2 rings (SSSR count). The van der Waals surface area contributed by atoms with Crippen molar-refractivity contribution in [3.63, 3.8) is 0 Å². The third-order valence-corrected chi connectivity index (χ3v) is 3.71. The van der Waals surface area contributed by atoms with Crippen LogP contribution in [0.4, 0.5) is 5.82 Å². The fraction of sp³-hybridized carbons (Fsp3) is 0.500. The number of nitriles is 1. The highest BCUT2D eigenvalue weighted by Crippen LogP contribution is 2.21. The molecule has 2 heterocycles. The van der Waals surface area contributed by atoms with E-state index in [1.165, 1.54) is 12.2 Å². The van der Waals surface area contributed by atoms with Gasteiger partial charge in [-0.15, -0.1) is 0 Å². The highest BCUT2D eigenvalue weighted by atomic mass is 32.2. The van der Waals surface area contributed by atoms with Crippen molar-refractivity contribution in [1.29, 1.82) is 5.26 Å². The SMILES string of the molecule is Cc1ccc(C#N)c(N2CCCSCC2)n1. The lowest BCUT2D eigenvalue weighted by Gasteiger charge is -2.22. The minimum absolute atomic E-state index is 0.692. The standard InChI is InChI=1S/C12H15N3S/c1-10-3-4-11(9-13)12(14-10)15-5-2-7-16-8-6-15/h3-4H,2,5-8H2,1H3. The molecule has 84 valence electrons. The molecule has 3 nitrogen and oxygen atoms in total. The normalized spacial score (nSPS) is 16.6. The van der Waals surface area contributed by atoms with Crippen LogP contribution in [0.2, 0.25) is 0 Å². The molecular formula is C12H15N3S. The van der Waals surface area contributed by atoms with E-state index in [0.717, 1.165) is 30.4 Å². The van der Waals surface area contributed by atoms with Crippen molar-refractivity contribution in [1.82, 2.24) is 4.98 Å². The Balaban J connectivity index is 2.30. The maximum Gasteiger partial charge on any atom is 0.146 e. The third-order valence-electron chi connectivity index (χ3n) is 2.66. The zero-order valence-corrected chi connectivity index (χ0v) is 10.3. The molecule has 1 aromatic heterocycles. The van der Waals surface area contributed by atoms with Crippen LogP contribution in [0.5, 0.6) is 0 Å². The Morgan fingerprint density at radius 3 is 3.06 bits per heavy atom. The third kappa shape index (κ3) is 2.48. The Morgan fingerprint density at radius 1 is 1.38 bits per heavy atom. The quantitative estimate of drug-likeness (QED) is 0.745. The van der Waals surface area contributed by atoms with E-state index in [0.29, 0.717) is 5.56 Å². The lowest BCUT2D eigenvalue weighted by Crippen LogP contribution is -2.27. The average molecular weight is 233 g/mol. The van der Waals surface area contributed by atoms with Crippen LogP contribution in [-0.4, -0.2) is 29.6 Å². The summed E-state index contributed by atoms with van der Waals surface area (Å²) in [5.41, 5.74) is 1.67. The molecule has 16 heavy (non-hydrogen) atoms. The molecule has 1 aliphatic heterocycles.